The Kier molecular flexibility index (Phi) is 42.3. The van der Waals surface area contributed by atoms with E-state index >= 15 is 0 Å². The molecule has 1 unspecified atom stereocenters. The number of hydrogen-bond donors (Lipinski definition) is 0. The van der Waals surface area contributed by atoms with Gasteiger partial charge in [0, 0.05) is 25.0 Å². The summed E-state index contributed by atoms with van der Waals surface area (Å²) in [5.41, 5.74) is 3.18. The van der Waals surface area contributed by atoms with Gasteiger partial charge in [-0.1, -0.05) is 205 Å². The standard InChI is InChI=1S/C33H60NO.C18H34O.HI/c1-3-5-7-9-11-13-15-17-21-26-34(27-25-32-23-19-20-24-33(32)31-34)28-30-35-29-22-18-16-14-12-10-8-6-4-2;1-2-3-4-5-6-7-8-9-10-11-12-13-14-15-16-17-18-19;/h19-20,23-24H,3-18,21-22,25-31H2,1-2H3;9-10,18H,2-8,11-17H2,1H3;1H/q+1;;/p-1/b;10-9-;. The fourth-order valence-corrected chi connectivity index (χ4v) is 8.18. The van der Waals surface area contributed by atoms with Gasteiger partial charge >= 0.3 is 0 Å². The molecule has 1 heterocycles. The van der Waals surface area contributed by atoms with Gasteiger partial charge in [-0.3, -0.25) is 0 Å². The van der Waals surface area contributed by atoms with Crippen molar-refractivity contribution in [2.45, 2.75) is 239 Å². The molecule has 1 aromatic rings. The molecule has 1 atom stereocenters. The minimum absolute atomic E-state index is 0. The second-order valence-corrected chi connectivity index (χ2v) is 17.0. The first-order valence-electron chi connectivity index (χ1n) is 24.3. The number of quaternary nitrogens is 1. The number of carbonyl (C=O) groups is 1. The number of halogens is 1. The monoisotopic (exact) mass is 880 g/mol. The van der Waals surface area contributed by atoms with Crippen LogP contribution in [0.1, 0.15) is 237 Å². The number of aldehydes is 1. The summed E-state index contributed by atoms with van der Waals surface area (Å²) in [6, 6.07) is 9.17. The summed E-state index contributed by atoms with van der Waals surface area (Å²) in [7, 11) is 0. The van der Waals surface area contributed by atoms with Crippen LogP contribution in [-0.2, 0) is 22.5 Å². The third kappa shape index (κ3) is 33.9. The Morgan fingerprint density at radius 3 is 1.40 bits per heavy atom. The van der Waals surface area contributed by atoms with Crippen LogP contribution in [0.2, 0.25) is 0 Å². The second-order valence-electron chi connectivity index (χ2n) is 17.0. The zero-order valence-corrected chi connectivity index (χ0v) is 39.4. The van der Waals surface area contributed by atoms with Crippen molar-refractivity contribution in [3.63, 3.8) is 0 Å². The molecule has 1 aliphatic rings. The van der Waals surface area contributed by atoms with Gasteiger partial charge in [-0.2, -0.15) is 0 Å². The lowest BCUT2D eigenvalue weighted by molar-refractivity contribution is -0.943. The minimum Gasteiger partial charge on any atom is -1.00 e. The molecular formula is C51H94INO2. The smallest absolute Gasteiger partial charge is 0.119 e. The number of hydrogen-bond acceptors (Lipinski definition) is 2. The number of rotatable bonds is 38. The van der Waals surface area contributed by atoms with E-state index in [0.717, 1.165) is 32.3 Å². The lowest BCUT2D eigenvalue weighted by Gasteiger charge is -2.42. The van der Waals surface area contributed by atoms with Gasteiger partial charge in [-0.05, 0) is 56.9 Å². The maximum Gasteiger partial charge on any atom is 0.119 e. The van der Waals surface area contributed by atoms with Crippen LogP contribution in [0.15, 0.2) is 36.4 Å². The molecule has 322 valence electrons. The molecule has 0 radical (unpaired) electrons. The van der Waals surface area contributed by atoms with Crippen molar-refractivity contribution in [3.8, 4) is 0 Å². The van der Waals surface area contributed by atoms with Gasteiger partial charge in [-0.15, -0.1) is 0 Å². The molecule has 0 saturated heterocycles. The van der Waals surface area contributed by atoms with Crippen molar-refractivity contribution < 1.29 is 38.0 Å². The van der Waals surface area contributed by atoms with Gasteiger partial charge < -0.3 is 38.0 Å². The lowest BCUT2D eigenvalue weighted by atomic mass is 9.97. The first-order valence-corrected chi connectivity index (χ1v) is 24.3. The molecule has 1 aliphatic heterocycles. The number of allylic oxidation sites excluding steroid dienone is 2. The van der Waals surface area contributed by atoms with E-state index in [0.29, 0.717) is 0 Å². The SMILES string of the molecule is CCCCCCCC/C=C\CCCCCCCC=O.CCCCCCCCCCCOCC[N+]1(CCCCCCCCCCC)CCc2ccccc2C1.[I-]. The van der Waals surface area contributed by atoms with Crippen molar-refractivity contribution in [2.24, 2.45) is 0 Å². The Bertz CT molecular complexity index is 950. The molecule has 55 heavy (non-hydrogen) atoms. The molecule has 0 spiro atoms. The van der Waals surface area contributed by atoms with Crippen LogP contribution in [-0.4, -0.2) is 43.6 Å². The van der Waals surface area contributed by atoms with Crippen LogP contribution in [0.4, 0.5) is 0 Å². The normalized spacial score (nSPS) is 15.0. The van der Waals surface area contributed by atoms with E-state index in [2.05, 4.69) is 57.2 Å². The Hall–Kier alpha value is -0.720. The molecule has 1 aromatic carbocycles. The molecule has 0 N–H and O–H groups in total. The highest BCUT2D eigenvalue weighted by Crippen LogP contribution is 2.26. The van der Waals surface area contributed by atoms with Crippen LogP contribution < -0.4 is 24.0 Å². The molecule has 2 rings (SSSR count). The average molecular weight is 880 g/mol. The molecular weight excluding hydrogens is 785 g/mol. The third-order valence-electron chi connectivity index (χ3n) is 11.9. The van der Waals surface area contributed by atoms with Gasteiger partial charge in [0.05, 0.1) is 19.7 Å². The predicted octanol–water partition coefficient (Wildman–Crippen LogP) is 12.9. The number of ether oxygens (including phenoxy) is 1. The van der Waals surface area contributed by atoms with Crippen molar-refractivity contribution in [1.29, 1.82) is 0 Å². The summed E-state index contributed by atoms with van der Waals surface area (Å²) in [4.78, 5) is 10.1. The summed E-state index contributed by atoms with van der Waals surface area (Å²) in [6.07, 6.45) is 50.1. The molecule has 0 fully saturated rings. The Balaban J connectivity index is 0.00000124. The summed E-state index contributed by atoms with van der Waals surface area (Å²) < 4.78 is 7.44. The van der Waals surface area contributed by atoms with E-state index in [-0.39, 0.29) is 24.0 Å². The first-order chi connectivity index (χ1) is 26.7. The molecule has 0 amide bonds. The summed E-state index contributed by atoms with van der Waals surface area (Å²) in [5, 5.41) is 0. The molecule has 4 heteroatoms. The zero-order chi connectivity index (χ0) is 38.9. The summed E-state index contributed by atoms with van der Waals surface area (Å²) >= 11 is 0. The number of unbranched alkanes of at least 4 members (excludes halogenated alkanes) is 28. The largest absolute Gasteiger partial charge is 1.00 e. The highest BCUT2D eigenvalue weighted by molar-refractivity contribution is 5.48. The maximum atomic E-state index is 10.1. The van der Waals surface area contributed by atoms with E-state index < -0.39 is 0 Å². The number of carbonyl (C=O) groups excluding carboxylic acids is 1. The second kappa shape index (κ2) is 42.9. The van der Waals surface area contributed by atoms with E-state index in [9.17, 15) is 4.79 Å². The number of fused-ring (bicyclic) bond motifs is 1. The Morgan fingerprint density at radius 2 is 0.909 bits per heavy atom. The average Bonchev–Trinajstić information content (AvgIpc) is 3.19. The van der Waals surface area contributed by atoms with Crippen molar-refractivity contribution in [3.05, 3.63) is 47.5 Å². The minimum atomic E-state index is 0. The van der Waals surface area contributed by atoms with E-state index in [1.165, 1.54) is 230 Å². The van der Waals surface area contributed by atoms with Gasteiger partial charge in [0.2, 0.25) is 0 Å². The van der Waals surface area contributed by atoms with Gasteiger partial charge in [0.15, 0.2) is 0 Å². The van der Waals surface area contributed by atoms with Crippen molar-refractivity contribution >= 4 is 6.29 Å². The van der Waals surface area contributed by atoms with E-state index in [1.807, 2.05) is 0 Å². The Morgan fingerprint density at radius 1 is 0.491 bits per heavy atom. The zero-order valence-electron chi connectivity index (χ0n) is 37.3. The van der Waals surface area contributed by atoms with Gasteiger partial charge in [-0.25, -0.2) is 0 Å². The van der Waals surface area contributed by atoms with Crippen molar-refractivity contribution in [2.75, 3.05) is 32.8 Å². The topological polar surface area (TPSA) is 26.3 Å². The van der Waals surface area contributed by atoms with Crippen LogP contribution in [0.25, 0.3) is 0 Å². The lowest BCUT2D eigenvalue weighted by Crippen LogP contribution is -3.00. The Labute approximate surface area is 362 Å². The third-order valence-corrected chi connectivity index (χ3v) is 11.9. The number of nitrogens with zero attached hydrogens (tertiary/aromatic N) is 1. The summed E-state index contributed by atoms with van der Waals surface area (Å²) in [5.74, 6) is 0. The maximum absolute atomic E-state index is 10.1. The molecule has 0 aliphatic carbocycles. The van der Waals surface area contributed by atoms with Crippen LogP contribution in [0.3, 0.4) is 0 Å². The molecule has 0 aromatic heterocycles. The highest BCUT2D eigenvalue weighted by atomic mass is 127. The van der Waals surface area contributed by atoms with Crippen LogP contribution >= 0.6 is 0 Å². The highest BCUT2D eigenvalue weighted by Gasteiger charge is 2.31. The summed E-state index contributed by atoms with van der Waals surface area (Å²) in [6.45, 7) is 13.8. The van der Waals surface area contributed by atoms with Crippen molar-refractivity contribution in [1.82, 2.24) is 0 Å². The van der Waals surface area contributed by atoms with Gasteiger partial charge in [0.1, 0.15) is 19.4 Å². The number of benzene rings is 1. The van der Waals surface area contributed by atoms with Crippen LogP contribution in [0.5, 0.6) is 0 Å². The van der Waals surface area contributed by atoms with Crippen LogP contribution in [0, 0.1) is 0 Å². The quantitative estimate of drug-likeness (QED) is 0.0217. The molecule has 3 nitrogen and oxygen atoms in total. The van der Waals surface area contributed by atoms with E-state index in [1.54, 1.807) is 11.1 Å². The molecule has 0 saturated carbocycles. The first kappa shape index (κ1) is 54.3. The predicted molar refractivity (Wildman–Crippen MR) is 240 cm³/mol. The fraction of sp³-hybridized carbons (Fsp3) is 0.824. The molecule has 0 bridgehead atoms. The fourth-order valence-electron chi connectivity index (χ4n) is 8.18. The van der Waals surface area contributed by atoms with Gasteiger partial charge in [0.25, 0.3) is 0 Å². The van der Waals surface area contributed by atoms with E-state index in [4.69, 9.17) is 4.74 Å².